The Morgan fingerprint density at radius 1 is 1.21 bits per heavy atom. The summed E-state index contributed by atoms with van der Waals surface area (Å²) < 4.78 is 54.9. The number of carbonyl (C=O) groups excluding carboxylic acids is 1. The van der Waals surface area contributed by atoms with Gasteiger partial charge in [-0.05, 0) is 59.7 Å². The molecular formula is C21H23FN6O5S. The molecule has 180 valence electrons. The molecule has 13 heteroatoms. The highest BCUT2D eigenvalue weighted by Gasteiger charge is 2.26. The lowest BCUT2D eigenvalue weighted by Crippen LogP contribution is -2.37. The lowest BCUT2D eigenvalue weighted by Gasteiger charge is -2.32. The number of hydrogen-bond donors (Lipinski definition) is 1. The molecule has 1 atom stereocenters. The number of benzene rings is 2. The number of aromatic nitrogens is 4. The largest absolute Gasteiger partial charge is 0.495 e. The first-order chi connectivity index (χ1) is 16.3. The maximum Gasteiger partial charge on any atom is 0.337 e. The molecule has 4 rings (SSSR count). The Morgan fingerprint density at radius 2 is 2.03 bits per heavy atom. The summed E-state index contributed by atoms with van der Waals surface area (Å²) in [4.78, 5) is 13.5. The molecular weight excluding hydrogens is 467 g/mol. The topological polar surface area (TPSA) is 129 Å². The molecule has 1 saturated heterocycles. The fourth-order valence-corrected chi connectivity index (χ4v) is 5.04. The summed E-state index contributed by atoms with van der Waals surface area (Å²) in [6.07, 6.45) is 1.44. The number of sulfonamides is 1. The molecule has 11 nitrogen and oxygen atoms in total. The number of esters is 1. The molecule has 1 N–H and O–H groups in total. The van der Waals surface area contributed by atoms with Crippen LogP contribution in [0.5, 0.6) is 5.75 Å². The van der Waals surface area contributed by atoms with Crippen LogP contribution in [0.4, 0.5) is 15.8 Å². The summed E-state index contributed by atoms with van der Waals surface area (Å²) in [7, 11) is -1.72. The molecule has 1 aromatic heterocycles. The minimum absolute atomic E-state index is 0.0418. The van der Waals surface area contributed by atoms with Gasteiger partial charge in [0.25, 0.3) is 10.0 Å². The summed E-state index contributed by atoms with van der Waals surface area (Å²) in [5.41, 5.74) is 1.25. The zero-order valence-corrected chi connectivity index (χ0v) is 19.3. The second kappa shape index (κ2) is 9.63. The first-order valence-electron chi connectivity index (χ1n) is 10.4. The number of ether oxygens (including phenoxy) is 2. The van der Waals surface area contributed by atoms with Crippen molar-refractivity contribution in [1.29, 1.82) is 0 Å². The first-order valence-corrected chi connectivity index (χ1v) is 11.9. The molecule has 3 aromatic rings. The van der Waals surface area contributed by atoms with E-state index in [1.807, 2.05) is 0 Å². The highest BCUT2D eigenvalue weighted by Crippen LogP contribution is 2.34. The van der Waals surface area contributed by atoms with Crippen LogP contribution in [0.3, 0.4) is 0 Å². The third-order valence-electron chi connectivity index (χ3n) is 5.42. The molecule has 1 aliphatic rings. The zero-order chi connectivity index (χ0) is 24.3. The molecule has 0 bridgehead atoms. The lowest BCUT2D eigenvalue weighted by molar-refractivity contribution is 0.0600. The Balaban J connectivity index is 1.78. The highest BCUT2D eigenvalue weighted by molar-refractivity contribution is 7.92. The van der Waals surface area contributed by atoms with Gasteiger partial charge in [0.2, 0.25) is 0 Å². The van der Waals surface area contributed by atoms with Crippen molar-refractivity contribution in [3.05, 3.63) is 48.3 Å². The minimum Gasteiger partial charge on any atom is -0.495 e. The number of halogens is 1. The third-order valence-corrected chi connectivity index (χ3v) is 6.80. The minimum atomic E-state index is -4.24. The van der Waals surface area contributed by atoms with E-state index in [0.29, 0.717) is 30.8 Å². The van der Waals surface area contributed by atoms with E-state index in [1.165, 1.54) is 43.4 Å². The maximum absolute atomic E-state index is 14.1. The van der Waals surface area contributed by atoms with E-state index in [0.717, 1.165) is 0 Å². The number of rotatable bonds is 7. The van der Waals surface area contributed by atoms with Gasteiger partial charge in [-0.3, -0.25) is 4.72 Å². The molecule has 0 radical (unpaired) electrons. The lowest BCUT2D eigenvalue weighted by atomic mass is 10.1. The molecule has 34 heavy (non-hydrogen) atoms. The Kier molecular flexibility index (Phi) is 6.63. The van der Waals surface area contributed by atoms with Crippen molar-refractivity contribution in [1.82, 2.24) is 20.2 Å². The molecule has 0 spiro atoms. The first kappa shape index (κ1) is 23.4. The summed E-state index contributed by atoms with van der Waals surface area (Å²) >= 11 is 0. The fraction of sp³-hybridized carbons (Fsp3) is 0.333. The van der Waals surface area contributed by atoms with Gasteiger partial charge in [0.05, 0.1) is 36.8 Å². The van der Waals surface area contributed by atoms with Crippen LogP contribution in [0.25, 0.3) is 5.69 Å². The van der Waals surface area contributed by atoms with E-state index in [2.05, 4.69) is 20.2 Å². The molecule has 2 heterocycles. The van der Waals surface area contributed by atoms with Crippen molar-refractivity contribution >= 4 is 27.4 Å². The van der Waals surface area contributed by atoms with Crippen LogP contribution in [0.2, 0.25) is 0 Å². The van der Waals surface area contributed by atoms with E-state index in [9.17, 15) is 17.6 Å². The smallest absolute Gasteiger partial charge is 0.337 e. The van der Waals surface area contributed by atoms with Gasteiger partial charge in [0.1, 0.15) is 23.1 Å². The van der Waals surface area contributed by atoms with E-state index >= 15 is 0 Å². The SMILES string of the molecule is COC(=O)c1ccc(OC)c(S(=O)(=O)Nc2cc(-n3cnnn3)ccc2N2CCC[C@@H](F)C2)c1. The quantitative estimate of drug-likeness (QED) is 0.496. The van der Waals surface area contributed by atoms with E-state index in [4.69, 9.17) is 9.47 Å². The number of piperidine rings is 1. The second-order valence-electron chi connectivity index (χ2n) is 7.60. The molecule has 0 unspecified atom stereocenters. The molecule has 0 aliphatic carbocycles. The van der Waals surface area contributed by atoms with Crippen LogP contribution >= 0.6 is 0 Å². The number of carbonyl (C=O) groups is 1. The second-order valence-corrected chi connectivity index (χ2v) is 9.25. The molecule has 2 aromatic carbocycles. The van der Waals surface area contributed by atoms with Crippen LogP contribution < -0.4 is 14.4 Å². The number of methoxy groups -OCH3 is 2. The Bertz CT molecular complexity index is 1280. The van der Waals surface area contributed by atoms with Gasteiger partial charge < -0.3 is 14.4 Å². The van der Waals surface area contributed by atoms with Crippen molar-refractivity contribution in [3.63, 3.8) is 0 Å². The third kappa shape index (κ3) is 4.78. The number of alkyl halides is 1. The number of anilines is 2. The van der Waals surface area contributed by atoms with Crippen molar-refractivity contribution in [3.8, 4) is 11.4 Å². The van der Waals surface area contributed by atoms with Crippen LogP contribution in [-0.4, -0.2) is 68.1 Å². The summed E-state index contributed by atoms with van der Waals surface area (Å²) in [5, 5.41) is 11.0. The monoisotopic (exact) mass is 490 g/mol. The van der Waals surface area contributed by atoms with E-state index in [-0.39, 0.29) is 28.4 Å². The van der Waals surface area contributed by atoms with Crippen LogP contribution in [0.1, 0.15) is 23.2 Å². The number of nitrogens with one attached hydrogen (secondary N) is 1. The van der Waals surface area contributed by atoms with Gasteiger partial charge in [0.15, 0.2) is 0 Å². The predicted octanol–water partition coefficient (Wildman–Crippen LogP) is 2.20. The number of tetrazole rings is 1. The normalized spacial score (nSPS) is 16.2. The van der Waals surface area contributed by atoms with Gasteiger partial charge in [-0.2, -0.15) is 0 Å². The van der Waals surface area contributed by atoms with Crippen molar-refractivity contribution < 1.29 is 27.1 Å². The van der Waals surface area contributed by atoms with Gasteiger partial charge in [-0.15, -0.1) is 5.10 Å². The summed E-state index contributed by atoms with van der Waals surface area (Å²) in [5.74, 6) is -0.650. The molecule has 0 amide bonds. The highest BCUT2D eigenvalue weighted by atomic mass is 32.2. The van der Waals surface area contributed by atoms with Gasteiger partial charge in [-0.1, -0.05) is 0 Å². The fourth-order valence-electron chi connectivity index (χ4n) is 3.78. The van der Waals surface area contributed by atoms with Gasteiger partial charge in [-0.25, -0.2) is 22.3 Å². The average Bonchev–Trinajstić information content (AvgIpc) is 3.38. The van der Waals surface area contributed by atoms with Gasteiger partial charge >= 0.3 is 5.97 Å². The summed E-state index contributed by atoms with van der Waals surface area (Å²) in [6, 6.07) is 8.91. The number of nitrogens with zero attached hydrogens (tertiary/aromatic N) is 5. The van der Waals surface area contributed by atoms with Crippen molar-refractivity contribution in [2.75, 3.05) is 36.9 Å². The van der Waals surface area contributed by atoms with Crippen LogP contribution in [-0.2, 0) is 14.8 Å². The van der Waals surface area contributed by atoms with E-state index < -0.39 is 22.2 Å². The van der Waals surface area contributed by atoms with Crippen LogP contribution in [0, 0.1) is 0 Å². The Labute approximate surface area is 195 Å². The average molecular weight is 491 g/mol. The zero-order valence-electron chi connectivity index (χ0n) is 18.5. The molecule has 1 fully saturated rings. The van der Waals surface area contributed by atoms with Crippen molar-refractivity contribution in [2.24, 2.45) is 0 Å². The van der Waals surface area contributed by atoms with Gasteiger partial charge in [0, 0.05) is 13.1 Å². The van der Waals surface area contributed by atoms with Crippen LogP contribution in [0.15, 0.2) is 47.6 Å². The Morgan fingerprint density at radius 3 is 2.71 bits per heavy atom. The molecule has 1 aliphatic heterocycles. The summed E-state index contributed by atoms with van der Waals surface area (Å²) in [6.45, 7) is 0.709. The number of hydrogen-bond acceptors (Lipinski definition) is 9. The van der Waals surface area contributed by atoms with Crippen molar-refractivity contribution in [2.45, 2.75) is 23.9 Å². The Hall–Kier alpha value is -3.74. The predicted molar refractivity (Wildman–Crippen MR) is 121 cm³/mol. The standard InChI is InChI=1S/C21H23FN6O5S/c1-32-19-8-5-14(21(29)33-2)10-20(19)34(30,31)24-17-11-16(28-13-23-25-26-28)6-7-18(17)27-9-3-4-15(22)12-27/h5-8,10-11,13,15,24H,3-4,9,12H2,1-2H3/t15-/m1/s1. The maximum atomic E-state index is 14.1. The van der Waals surface area contributed by atoms with E-state index in [1.54, 1.807) is 23.1 Å². The molecule has 0 saturated carbocycles.